The summed E-state index contributed by atoms with van der Waals surface area (Å²) in [6.07, 6.45) is -0.771. The molecule has 2 amide bonds. The average molecular weight is 386 g/mol. The van der Waals surface area contributed by atoms with Gasteiger partial charge in [-0.2, -0.15) is 0 Å². The molecule has 2 rings (SSSR count). The zero-order chi connectivity index (χ0) is 20.5. The molecule has 0 heterocycles. The summed E-state index contributed by atoms with van der Waals surface area (Å²) in [7, 11) is 4.60. The maximum absolute atomic E-state index is 12.0. The molecule has 0 radical (unpaired) electrons. The molecule has 0 unspecified atom stereocenters. The molecule has 0 aliphatic heterocycles. The average Bonchev–Trinajstić information content (AvgIpc) is 2.72. The predicted molar refractivity (Wildman–Crippen MR) is 105 cm³/mol. The van der Waals surface area contributed by atoms with E-state index in [2.05, 4.69) is 10.1 Å². The topological polar surface area (TPSA) is 77.1 Å². The molecule has 0 bridgehead atoms. The van der Waals surface area contributed by atoms with Crippen LogP contribution in [0.1, 0.15) is 18.1 Å². The van der Waals surface area contributed by atoms with E-state index in [9.17, 15) is 9.59 Å². The monoisotopic (exact) mass is 386 g/mol. The summed E-state index contributed by atoms with van der Waals surface area (Å²) >= 11 is 0. The van der Waals surface area contributed by atoms with Crippen LogP contribution in [0.4, 0.5) is 4.79 Å². The van der Waals surface area contributed by atoms with Gasteiger partial charge in [-0.1, -0.05) is 36.4 Å². The van der Waals surface area contributed by atoms with Crippen LogP contribution >= 0.6 is 0 Å². The third-order valence-electron chi connectivity index (χ3n) is 4.35. The minimum absolute atomic E-state index is 0.427. The first-order valence-corrected chi connectivity index (χ1v) is 8.87. The Balaban J connectivity index is 2.00. The molecule has 0 aliphatic carbocycles. The Morgan fingerprint density at radius 2 is 1.75 bits per heavy atom. The van der Waals surface area contributed by atoms with Crippen LogP contribution < -0.4 is 14.8 Å². The van der Waals surface area contributed by atoms with Gasteiger partial charge in [0.05, 0.1) is 20.3 Å². The first-order chi connectivity index (χ1) is 13.4. The molecule has 0 fully saturated rings. The molecule has 0 aliphatic rings. The van der Waals surface area contributed by atoms with Gasteiger partial charge in [-0.25, -0.2) is 4.79 Å². The summed E-state index contributed by atoms with van der Waals surface area (Å²) in [4.78, 5) is 25.0. The van der Waals surface area contributed by atoms with E-state index in [-0.39, 0.29) is 0 Å². The molecule has 0 saturated carbocycles. The quantitative estimate of drug-likeness (QED) is 0.752. The number of ether oxygens (including phenoxy) is 3. The van der Waals surface area contributed by atoms with E-state index in [1.807, 2.05) is 53.4 Å². The molecular formula is C21H26N2O5. The smallest absolute Gasteiger partial charge is 0.413 e. The van der Waals surface area contributed by atoms with Gasteiger partial charge in [0.2, 0.25) is 5.91 Å². The highest BCUT2D eigenvalue weighted by Gasteiger charge is 2.20. The third kappa shape index (κ3) is 5.99. The lowest BCUT2D eigenvalue weighted by molar-refractivity contribution is -0.124. The lowest BCUT2D eigenvalue weighted by atomic mass is 10.1. The van der Waals surface area contributed by atoms with Crippen LogP contribution in [0.3, 0.4) is 0 Å². The zero-order valence-corrected chi connectivity index (χ0v) is 16.6. The lowest BCUT2D eigenvalue weighted by Crippen LogP contribution is -2.45. The van der Waals surface area contributed by atoms with Crippen LogP contribution in [-0.2, 0) is 22.7 Å². The number of carbonyl (C=O) groups excluding carboxylic acids is 2. The number of nitrogens with one attached hydrogen (secondary N) is 1. The van der Waals surface area contributed by atoms with E-state index in [1.165, 1.54) is 7.11 Å². The summed E-state index contributed by atoms with van der Waals surface area (Å²) in [5.41, 5.74) is 2.02. The Hall–Kier alpha value is -3.06. The van der Waals surface area contributed by atoms with Crippen molar-refractivity contribution in [3.8, 4) is 11.5 Å². The van der Waals surface area contributed by atoms with E-state index in [4.69, 9.17) is 9.47 Å². The number of likely N-dealkylation sites (N-methyl/N-ethyl adjacent to an activating group) is 1. The number of imide groups is 1. The number of carbonyl (C=O) groups is 2. The van der Waals surface area contributed by atoms with Crippen LogP contribution in [-0.4, -0.2) is 44.2 Å². The largest absolute Gasteiger partial charge is 0.493 e. The molecule has 1 atom stereocenters. The molecule has 0 spiro atoms. The van der Waals surface area contributed by atoms with Crippen molar-refractivity contribution in [3.05, 3.63) is 59.7 Å². The van der Waals surface area contributed by atoms with Gasteiger partial charge in [-0.15, -0.1) is 0 Å². The Labute approximate surface area is 165 Å². The van der Waals surface area contributed by atoms with E-state index in [1.54, 1.807) is 21.1 Å². The van der Waals surface area contributed by atoms with Gasteiger partial charge in [0.1, 0.15) is 6.61 Å². The van der Waals surface area contributed by atoms with Gasteiger partial charge < -0.3 is 14.2 Å². The van der Waals surface area contributed by atoms with Gasteiger partial charge in [0.15, 0.2) is 11.5 Å². The van der Waals surface area contributed by atoms with Gasteiger partial charge in [-0.05, 0) is 37.2 Å². The molecule has 2 aromatic carbocycles. The Bertz CT molecular complexity index is 795. The minimum Gasteiger partial charge on any atom is -0.493 e. The van der Waals surface area contributed by atoms with Crippen molar-refractivity contribution in [2.45, 2.75) is 26.1 Å². The number of benzene rings is 2. The number of nitrogens with zero attached hydrogens (tertiary/aromatic N) is 1. The van der Waals surface area contributed by atoms with Crippen molar-refractivity contribution in [2.24, 2.45) is 0 Å². The number of methoxy groups -OCH3 is 2. The van der Waals surface area contributed by atoms with Gasteiger partial charge >= 0.3 is 6.09 Å². The van der Waals surface area contributed by atoms with Crippen molar-refractivity contribution < 1.29 is 23.8 Å². The van der Waals surface area contributed by atoms with Crippen LogP contribution in [0, 0.1) is 0 Å². The number of alkyl carbamates (subject to hydrolysis) is 1. The van der Waals surface area contributed by atoms with Crippen molar-refractivity contribution in [2.75, 3.05) is 21.3 Å². The van der Waals surface area contributed by atoms with Gasteiger partial charge in [-0.3, -0.25) is 15.0 Å². The summed E-state index contributed by atoms with van der Waals surface area (Å²) in [5.74, 6) is 0.840. The van der Waals surface area contributed by atoms with Crippen molar-refractivity contribution >= 4 is 12.0 Å². The fourth-order valence-electron chi connectivity index (χ4n) is 2.55. The summed E-state index contributed by atoms with van der Waals surface area (Å²) in [6, 6.07) is 15.0. The highest BCUT2D eigenvalue weighted by Crippen LogP contribution is 2.29. The number of hydrogen-bond donors (Lipinski definition) is 1. The first kappa shape index (κ1) is 21.2. The van der Waals surface area contributed by atoms with Crippen molar-refractivity contribution in [1.29, 1.82) is 0 Å². The lowest BCUT2D eigenvalue weighted by Gasteiger charge is -2.23. The molecule has 7 nitrogen and oxygen atoms in total. The Morgan fingerprint density at radius 3 is 2.39 bits per heavy atom. The van der Waals surface area contributed by atoms with Crippen LogP contribution in [0.25, 0.3) is 0 Å². The van der Waals surface area contributed by atoms with Gasteiger partial charge in [0.25, 0.3) is 0 Å². The molecule has 0 saturated heterocycles. The van der Waals surface area contributed by atoms with E-state index < -0.39 is 18.0 Å². The normalized spacial score (nSPS) is 11.6. The van der Waals surface area contributed by atoms with E-state index in [0.29, 0.717) is 24.7 Å². The maximum atomic E-state index is 12.0. The Morgan fingerprint density at radius 1 is 1.04 bits per heavy atom. The van der Waals surface area contributed by atoms with Gasteiger partial charge in [0, 0.05) is 6.54 Å². The second-order valence-corrected chi connectivity index (χ2v) is 6.33. The molecule has 1 N–H and O–H groups in total. The summed E-state index contributed by atoms with van der Waals surface area (Å²) < 4.78 is 15.8. The SMILES string of the molecule is COC(=O)NC(=O)[C@H](C)N(C)Cc1ccc(OCc2ccccc2)c(OC)c1. The Kier molecular flexibility index (Phi) is 7.83. The second-order valence-electron chi connectivity index (χ2n) is 6.33. The van der Waals surface area contributed by atoms with Crippen LogP contribution in [0.15, 0.2) is 48.5 Å². The number of amides is 2. The molecule has 150 valence electrons. The highest BCUT2D eigenvalue weighted by molar-refractivity contribution is 5.94. The van der Waals surface area contributed by atoms with Crippen LogP contribution in [0.2, 0.25) is 0 Å². The van der Waals surface area contributed by atoms with E-state index >= 15 is 0 Å². The highest BCUT2D eigenvalue weighted by atomic mass is 16.5. The molecule has 7 heteroatoms. The fraction of sp³-hybridized carbons (Fsp3) is 0.333. The first-order valence-electron chi connectivity index (χ1n) is 8.87. The van der Waals surface area contributed by atoms with Crippen molar-refractivity contribution in [3.63, 3.8) is 0 Å². The maximum Gasteiger partial charge on any atom is 0.413 e. The number of rotatable bonds is 8. The molecule has 0 aromatic heterocycles. The summed E-state index contributed by atoms with van der Waals surface area (Å²) in [5, 5.41) is 2.17. The predicted octanol–water partition coefficient (Wildman–Crippen LogP) is 2.98. The minimum atomic E-state index is -0.771. The molecular weight excluding hydrogens is 360 g/mol. The standard InChI is InChI=1S/C21H26N2O5/c1-15(20(24)22-21(25)27-4)23(2)13-17-10-11-18(19(12-17)26-3)28-14-16-8-6-5-7-9-16/h5-12,15H,13-14H2,1-4H3,(H,22,24,25)/t15-/m0/s1. The zero-order valence-electron chi connectivity index (χ0n) is 16.6. The van der Waals surface area contributed by atoms with Crippen LogP contribution in [0.5, 0.6) is 11.5 Å². The number of hydrogen-bond acceptors (Lipinski definition) is 6. The van der Waals surface area contributed by atoms with Crippen molar-refractivity contribution in [1.82, 2.24) is 10.2 Å². The molecule has 2 aromatic rings. The summed E-state index contributed by atoms with van der Waals surface area (Å²) in [6.45, 7) is 2.65. The molecule has 28 heavy (non-hydrogen) atoms. The second kappa shape index (κ2) is 10.3. The third-order valence-corrected chi connectivity index (χ3v) is 4.35. The van der Waals surface area contributed by atoms with E-state index in [0.717, 1.165) is 11.1 Å². The fourth-order valence-corrected chi connectivity index (χ4v) is 2.55.